The molecule has 0 aromatic carbocycles. The predicted molar refractivity (Wildman–Crippen MR) is 98.9 cm³/mol. The zero-order valence-corrected chi connectivity index (χ0v) is 16.5. The first-order valence-electron chi connectivity index (χ1n) is 9.71. The van der Waals surface area contributed by atoms with Crippen LogP contribution in [-0.2, 0) is 14.4 Å². The van der Waals surface area contributed by atoms with Crippen LogP contribution in [0.5, 0.6) is 0 Å². The van der Waals surface area contributed by atoms with Crippen LogP contribution >= 0.6 is 0 Å². The van der Waals surface area contributed by atoms with E-state index in [1.807, 2.05) is 7.05 Å². The summed E-state index contributed by atoms with van der Waals surface area (Å²) in [6, 6.07) is 0.0890. The number of piperidine rings is 1. The molecule has 0 aromatic heterocycles. The van der Waals surface area contributed by atoms with Gasteiger partial charge >= 0.3 is 0 Å². The summed E-state index contributed by atoms with van der Waals surface area (Å²) in [7, 11) is 2.01. The van der Waals surface area contributed by atoms with Gasteiger partial charge in [0.25, 0.3) is 12.4 Å². The van der Waals surface area contributed by atoms with Crippen molar-refractivity contribution in [3.8, 4) is 0 Å². The van der Waals surface area contributed by atoms with Crippen molar-refractivity contribution < 1.29 is 23.9 Å². The molecule has 1 spiro atoms. The Morgan fingerprint density at radius 3 is 2.41 bits per heavy atom. The predicted octanol–water partition coefficient (Wildman–Crippen LogP) is 1.42. The molecular weight excluding hydrogens is 353 g/mol. The SMILES string of the molecule is CN1CCCCC1C(=O)NC1CCCC12CN(C(=O)C(C)(C)F)C2.O=CO. The number of hydrogen-bond donors (Lipinski definition) is 2. The van der Waals surface area contributed by atoms with Gasteiger partial charge in [0.05, 0.1) is 6.04 Å². The van der Waals surface area contributed by atoms with E-state index in [1.54, 1.807) is 4.90 Å². The van der Waals surface area contributed by atoms with E-state index in [0.717, 1.165) is 45.1 Å². The normalized spacial score (nSPS) is 27.3. The van der Waals surface area contributed by atoms with Crippen molar-refractivity contribution in [2.24, 2.45) is 5.41 Å². The van der Waals surface area contributed by atoms with Gasteiger partial charge in [-0.2, -0.15) is 0 Å². The minimum atomic E-state index is -1.82. The quantitative estimate of drug-likeness (QED) is 0.717. The third kappa shape index (κ3) is 4.78. The Morgan fingerprint density at radius 2 is 1.85 bits per heavy atom. The molecule has 1 saturated carbocycles. The van der Waals surface area contributed by atoms with Crippen molar-refractivity contribution in [2.75, 3.05) is 26.7 Å². The lowest BCUT2D eigenvalue weighted by molar-refractivity contribution is -0.156. The number of amides is 2. The maximum absolute atomic E-state index is 13.9. The molecule has 2 N–H and O–H groups in total. The first-order chi connectivity index (χ1) is 12.6. The number of carbonyl (C=O) groups excluding carboxylic acids is 2. The molecule has 1 aliphatic carbocycles. The van der Waals surface area contributed by atoms with Crippen LogP contribution in [0.3, 0.4) is 0 Å². The lowest BCUT2D eigenvalue weighted by Crippen LogP contribution is -2.67. The molecular formula is C19H32FN3O4. The van der Waals surface area contributed by atoms with E-state index in [-0.39, 0.29) is 29.9 Å². The van der Waals surface area contributed by atoms with E-state index in [2.05, 4.69) is 10.2 Å². The number of likely N-dealkylation sites (N-methyl/N-ethyl adjacent to an activating group) is 1. The van der Waals surface area contributed by atoms with Gasteiger partial charge in [-0.1, -0.05) is 12.8 Å². The lowest BCUT2D eigenvalue weighted by Gasteiger charge is -2.52. The summed E-state index contributed by atoms with van der Waals surface area (Å²) in [5, 5.41) is 10.1. The summed E-state index contributed by atoms with van der Waals surface area (Å²) in [4.78, 5) is 36.8. The average molecular weight is 385 g/mol. The second kappa shape index (κ2) is 8.54. The molecule has 0 aromatic rings. The van der Waals surface area contributed by atoms with Crippen molar-refractivity contribution in [3.05, 3.63) is 0 Å². The first-order valence-corrected chi connectivity index (χ1v) is 9.71. The molecule has 2 amide bonds. The van der Waals surface area contributed by atoms with Gasteiger partial charge in [0, 0.05) is 24.5 Å². The maximum Gasteiger partial charge on any atom is 0.290 e. The van der Waals surface area contributed by atoms with Crippen molar-refractivity contribution in [3.63, 3.8) is 0 Å². The molecule has 3 aliphatic rings. The van der Waals surface area contributed by atoms with Gasteiger partial charge in [-0.25, -0.2) is 4.39 Å². The summed E-state index contributed by atoms with van der Waals surface area (Å²) < 4.78 is 13.9. The van der Waals surface area contributed by atoms with E-state index >= 15 is 0 Å². The smallest absolute Gasteiger partial charge is 0.290 e. The monoisotopic (exact) mass is 385 g/mol. The van der Waals surface area contributed by atoms with Gasteiger partial charge < -0.3 is 15.3 Å². The Kier molecular flexibility index (Phi) is 6.83. The molecule has 2 saturated heterocycles. The Morgan fingerprint density at radius 1 is 1.22 bits per heavy atom. The zero-order valence-electron chi connectivity index (χ0n) is 16.5. The molecule has 2 atom stereocenters. The topological polar surface area (TPSA) is 90.0 Å². The summed E-state index contributed by atoms with van der Waals surface area (Å²) in [6.07, 6.45) is 6.21. The molecule has 27 heavy (non-hydrogen) atoms. The van der Waals surface area contributed by atoms with Gasteiger partial charge in [-0.3, -0.25) is 19.3 Å². The molecule has 0 bridgehead atoms. The minimum absolute atomic E-state index is 0.0287. The van der Waals surface area contributed by atoms with E-state index < -0.39 is 11.6 Å². The number of carbonyl (C=O) groups is 3. The van der Waals surface area contributed by atoms with E-state index in [1.165, 1.54) is 13.8 Å². The van der Waals surface area contributed by atoms with Crippen LogP contribution in [0.1, 0.15) is 52.4 Å². The number of likely N-dealkylation sites (tertiary alicyclic amines) is 2. The van der Waals surface area contributed by atoms with Crippen molar-refractivity contribution in [1.29, 1.82) is 0 Å². The van der Waals surface area contributed by atoms with Crippen LogP contribution in [0.15, 0.2) is 0 Å². The van der Waals surface area contributed by atoms with Crippen LogP contribution in [-0.4, -0.2) is 77.6 Å². The van der Waals surface area contributed by atoms with Crippen molar-refractivity contribution >= 4 is 18.3 Å². The fourth-order valence-corrected chi connectivity index (χ4v) is 4.65. The highest BCUT2D eigenvalue weighted by Crippen LogP contribution is 2.46. The third-order valence-electron chi connectivity index (χ3n) is 6.10. The van der Waals surface area contributed by atoms with Crippen LogP contribution in [0.4, 0.5) is 4.39 Å². The van der Waals surface area contributed by atoms with E-state index in [0.29, 0.717) is 13.1 Å². The second-order valence-corrected chi connectivity index (χ2v) is 8.55. The maximum atomic E-state index is 13.9. The van der Waals surface area contributed by atoms with Crippen LogP contribution < -0.4 is 5.32 Å². The lowest BCUT2D eigenvalue weighted by atomic mass is 9.74. The van der Waals surface area contributed by atoms with Gasteiger partial charge in [0.2, 0.25) is 5.91 Å². The number of rotatable bonds is 3. The molecule has 2 heterocycles. The number of nitrogens with zero attached hydrogens (tertiary/aromatic N) is 2. The molecule has 2 unspecified atom stereocenters. The molecule has 154 valence electrons. The zero-order chi connectivity index (χ0) is 20.2. The highest BCUT2D eigenvalue weighted by atomic mass is 19.1. The Labute approximate surface area is 160 Å². The van der Waals surface area contributed by atoms with E-state index in [9.17, 15) is 14.0 Å². The van der Waals surface area contributed by atoms with Gasteiger partial charge in [0.15, 0.2) is 5.67 Å². The van der Waals surface area contributed by atoms with Crippen molar-refractivity contribution in [2.45, 2.75) is 70.1 Å². The molecule has 3 rings (SSSR count). The van der Waals surface area contributed by atoms with Gasteiger partial charge in [0.1, 0.15) is 0 Å². The highest BCUT2D eigenvalue weighted by Gasteiger charge is 2.55. The van der Waals surface area contributed by atoms with E-state index in [4.69, 9.17) is 9.90 Å². The molecule has 0 radical (unpaired) electrons. The van der Waals surface area contributed by atoms with Crippen LogP contribution in [0, 0.1) is 5.41 Å². The Balaban J connectivity index is 0.000000817. The third-order valence-corrected chi connectivity index (χ3v) is 6.10. The molecule has 7 nitrogen and oxygen atoms in total. The van der Waals surface area contributed by atoms with Gasteiger partial charge in [-0.15, -0.1) is 0 Å². The number of carboxylic acid groups (broad SMARTS) is 1. The summed E-state index contributed by atoms with van der Waals surface area (Å²) in [6.45, 7) is 4.50. The van der Waals surface area contributed by atoms with Crippen LogP contribution in [0.25, 0.3) is 0 Å². The highest BCUT2D eigenvalue weighted by molar-refractivity contribution is 5.85. The minimum Gasteiger partial charge on any atom is -0.483 e. The fourth-order valence-electron chi connectivity index (χ4n) is 4.65. The number of halogens is 1. The number of hydrogen-bond acceptors (Lipinski definition) is 4. The first kappa shape index (κ1) is 21.6. The summed E-state index contributed by atoms with van der Waals surface area (Å²) in [5.41, 5.74) is -1.85. The largest absolute Gasteiger partial charge is 0.483 e. The standard InChI is InChI=1S/C18H30FN3O2.CH2O2/c1-17(2,19)16(24)22-11-18(12-22)9-6-8-14(18)20-15(23)13-7-4-5-10-21(13)3;2-1-3/h13-14H,4-12H2,1-3H3,(H,20,23);1H,(H,2,3). The molecule has 8 heteroatoms. The van der Waals surface area contributed by atoms with Crippen LogP contribution in [0.2, 0.25) is 0 Å². The fraction of sp³-hybridized carbons (Fsp3) is 0.842. The summed E-state index contributed by atoms with van der Waals surface area (Å²) in [5.74, 6) is -0.309. The van der Waals surface area contributed by atoms with Gasteiger partial charge in [-0.05, 0) is 53.1 Å². The summed E-state index contributed by atoms with van der Waals surface area (Å²) >= 11 is 0. The average Bonchev–Trinajstić information content (AvgIpc) is 2.96. The number of alkyl halides is 1. The molecule has 2 aliphatic heterocycles. The second-order valence-electron chi connectivity index (χ2n) is 8.55. The number of nitrogens with one attached hydrogen (secondary N) is 1. The van der Waals surface area contributed by atoms with Crippen molar-refractivity contribution in [1.82, 2.24) is 15.1 Å². The molecule has 3 fully saturated rings. The Hall–Kier alpha value is -1.70. The Bertz CT molecular complexity index is 558.